The highest BCUT2D eigenvalue weighted by Gasteiger charge is 2.35. The van der Waals surface area contributed by atoms with E-state index >= 15 is 0 Å². The van der Waals surface area contributed by atoms with Crippen LogP contribution in [0.25, 0.3) is 0 Å². The lowest BCUT2D eigenvalue weighted by atomic mass is 9.99. The van der Waals surface area contributed by atoms with Gasteiger partial charge in [0.05, 0.1) is 5.25 Å². The molecule has 1 saturated heterocycles. The fraction of sp³-hybridized carbons (Fsp3) is 0.625. The lowest BCUT2D eigenvalue weighted by Gasteiger charge is -2.30. The van der Waals surface area contributed by atoms with Crippen LogP contribution in [0.4, 0.5) is 5.69 Å². The third-order valence-electron chi connectivity index (χ3n) is 4.46. The van der Waals surface area contributed by atoms with Gasteiger partial charge in [0.25, 0.3) is 0 Å². The Morgan fingerprint density at radius 2 is 1.71 bits per heavy atom. The minimum atomic E-state index is -3.15. The first kappa shape index (κ1) is 14.9. The predicted octanol–water partition coefficient (Wildman–Crippen LogP) is 2.82. The Hall–Kier alpha value is -1.07. The summed E-state index contributed by atoms with van der Waals surface area (Å²) in [6.07, 6.45) is 4.14. The van der Waals surface area contributed by atoms with Crippen LogP contribution in [0.1, 0.15) is 38.2 Å². The number of likely N-dealkylation sites (tertiary alicyclic amines) is 1. The van der Waals surface area contributed by atoms with Crippen LogP contribution in [0.3, 0.4) is 0 Å². The molecule has 3 rings (SSSR count). The van der Waals surface area contributed by atoms with Gasteiger partial charge in [-0.25, -0.2) is 8.42 Å². The van der Waals surface area contributed by atoms with Crippen molar-refractivity contribution in [1.29, 1.82) is 0 Å². The summed E-state index contributed by atoms with van der Waals surface area (Å²) in [7, 11) is -3.15. The van der Waals surface area contributed by atoms with Crippen molar-refractivity contribution in [3.05, 3.63) is 29.8 Å². The van der Waals surface area contributed by atoms with Gasteiger partial charge in [0.15, 0.2) is 0 Å². The van der Waals surface area contributed by atoms with Gasteiger partial charge in [0.1, 0.15) is 0 Å². The molecule has 1 aromatic carbocycles. The van der Waals surface area contributed by atoms with E-state index in [1.807, 2.05) is 24.3 Å². The van der Waals surface area contributed by atoms with Crippen molar-refractivity contribution in [1.82, 2.24) is 4.90 Å². The largest absolute Gasteiger partial charge is 0.299 e. The van der Waals surface area contributed by atoms with Gasteiger partial charge in [-0.1, -0.05) is 19.1 Å². The van der Waals surface area contributed by atoms with Crippen molar-refractivity contribution in [2.24, 2.45) is 5.92 Å². The minimum Gasteiger partial charge on any atom is -0.299 e. The van der Waals surface area contributed by atoms with Crippen LogP contribution >= 0.6 is 0 Å². The minimum absolute atomic E-state index is 0.174. The molecule has 0 atom stereocenters. The Bertz CT molecular complexity index is 571. The van der Waals surface area contributed by atoms with Crippen LogP contribution < -0.4 is 4.72 Å². The molecular formula is C16H24N2O2S. The fourth-order valence-corrected chi connectivity index (χ4v) is 4.17. The highest BCUT2D eigenvalue weighted by atomic mass is 32.2. The van der Waals surface area contributed by atoms with E-state index in [9.17, 15) is 8.42 Å². The first-order valence-corrected chi connectivity index (χ1v) is 9.40. The summed E-state index contributed by atoms with van der Waals surface area (Å²) in [4.78, 5) is 2.48. The lowest BCUT2D eigenvalue weighted by molar-refractivity contribution is 0.185. The number of sulfonamides is 1. The van der Waals surface area contributed by atoms with Crippen molar-refractivity contribution in [3.63, 3.8) is 0 Å². The van der Waals surface area contributed by atoms with Gasteiger partial charge < -0.3 is 0 Å². The van der Waals surface area contributed by atoms with Crippen LogP contribution in [0, 0.1) is 5.92 Å². The number of nitrogens with zero attached hydrogens (tertiary/aromatic N) is 1. The van der Waals surface area contributed by atoms with Gasteiger partial charge in [-0.05, 0) is 62.4 Å². The maximum atomic E-state index is 11.9. The standard InChI is InChI=1S/C16H24N2O2S/c1-13-8-10-18(11-9-13)12-14-2-4-15(5-3-14)17-21(19,20)16-6-7-16/h2-5,13,16-17H,6-12H2,1H3. The van der Waals surface area contributed by atoms with Crippen molar-refractivity contribution < 1.29 is 8.42 Å². The van der Waals surface area contributed by atoms with Crippen LogP contribution in [-0.4, -0.2) is 31.7 Å². The summed E-state index contributed by atoms with van der Waals surface area (Å²) >= 11 is 0. The average Bonchev–Trinajstić information content (AvgIpc) is 3.28. The van der Waals surface area contributed by atoms with E-state index in [1.54, 1.807) is 0 Å². The van der Waals surface area contributed by atoms with Crippen LogP contribution in [-0.2, 0) is 16.6 Å². The van der Waals surface area contributed by atoms with E-state index in [0.717, 1.165) is 38.4 Å². The monoisotopic (exact) mass is 308 g/mol. The molecule has 0 amide bonds. The van der Waals surface area contributed by atoms with E-state index in [2.05, 4.69) is 16.5 Å². The molecule has 0 aromatic heterocycles. The van der Waals surface area contributed by atoms with Crippen LogP contribution in [0.15, 0.2) is 24.3 Å². The summed E-state index contributed by atoms with van der Waals surface area (Å²) in [5.41, 5.74) is 1.93. The Labute approximate surface area is 127 Å². The quantitative estimate of drug-likeness (QED) is 0.910. The predicted molar refractivity (Wildman–Crippen MR) is 85.7 cm³/mol. The Kier molecular flexibility index (Phi) is 4.22. The molecule has 21 heavy (non-hydrogen) atoms. The van der Waals surface area contributed by atoms with Gasteiger partial charge in [-0.2, -0.15) is 0 Å². The molecule has 1 heterocycles. The molecule has 5 heteroatoms. The Morgan fingerprint density at radius 3 is 2.29 bits per heavy atom. The third kappa shape index (κ3) is 3.98. The first-order valence-electron chi connectivity index (χ1n) is 7.86. The zero-order chi connectivity index (χ0) is 14.9. The number of hydrogen-bond donors (Lipinski definition) is 1. The molecule has 116 valence electrons. The average molecular weight is 308 g/mol. The van der Waals surface area contributed by atoms with Crippen molar-refractivity contribution >= 4 is 15.7 Å². The maximum Gasteiger partial charge on any atom is 0.235 e. The second-order valence-electron chi connectivity index (χ2n) is 6.50. The second-order valence-corrected chi connectivity index (χ2v) is 8.46. The topological polar surface area (TPSA) is 49.4 Å². The summed E-state index contributed by atoms with van der Waals surface area (Å²) in [6, 6.07) is 7.81. The summed E-state index contributed by atoms with van der Waals surface area (Å²) in [5, 5.41) is -0.174. The molecule has 0 radical (unpaired) electrons. The van der Waals surface area contributed by atoms with Crippen LogP contribution in [0.5, 0.6) is 0 Å². The number of nitrogens with one attached hydrogen (secondary N) is 1. The summed E-state index contributed by atoms with van der Waals surface area (Å²) in [5.74, 6) is 0.848. The molecule has 1 saturated carbocycles. The summed E-state index contributed by atoms with van der Waals surface area (Å²) < 4.78 is 26.4. The molecule has 0 bridgehead atoms. The van der Waals surface area contributed by atoms with E-state index in [4.69, 9.17) is 0 Å². The Balaban J connectivity index is 1.56. The van der Waals surface area contributed by atoms with Gasteiger partial charge in [-0.15, -0.1) is 0 Å². The van der Waals surface area contributed by atoms with E-state index in [1.165, 1.54) is 18.4 Å². The van der Waals surface area contributed by atoms with E-state index in [-0.39, 0.29) is 5.25 Å². The number of anilines is 1. The molecule has 1 aliphatic heterocycles. The maximum absolute atomic E-state index is 11.9. The highest BCUT2D eigenvalue weighted by Crippen LogP contribution is 2.29. The van der Waals surface area contributed by atoms with Crippen molar-refractivity contribution in [2.75, 3.05) is 17.8 Å². The van der Waals surface area contributed by atoms with E-state index in [0.29, 0.717) is 5.69 Å². The number of piperidine rings is 1. The molecule has 0 unspecified atom stereocenters. The first-order chi connectivity index (χ1) is 10.0. The molecule has 1 aliphatic carbocycles. The molecule has 1 N–H and O–H groups in total. The van der Waals surface area contributed by atoms with Crippen molar-refractivity contribution in [2.45, 2.75) is 44.4 Å². The van der Waals surface area contributed by atoms with Crippen LogP contribution in [0.2, 0.25) is 0 Å². The molecule has 0 spiro atoms. The highest BCUT2D eigenvalue weighted by molar-refractivity contribution is 7.93. The van der Waals surface area contributed by atoms with Crippen molar-refractivity contribution in [3.8, 4) is 0 Å². The van der Waals surface area contributed by atoms with Gasteiger partial charge in [0.2, 0.25) is 10.0 Å². The molecule has 4 nitrogen and oxygen atoms in total. The molecule has 2 fully saturated rings. The number of benzene rings is 1. The number of hydrogen-bond acceptors (Lipinski definition) is 3. The number of rotatable bonds is 5. The lowest BCUT2D eigenvalue weighted by Crippen LogP contribution is -2.32. The second kappa shape index (κ2) is 5.97. The fourth-order valence-electron chi connectivity index (χ4n) is 2.78. The smallest absolute Gasteiger partial charge is 0.235 e. The SMILES string of the molecule is CC1CCN(Cc2ccc(NS(=O)(=O)C3CC3)cc2)CC1. The van der Waals surface area contributed by atoms with Gasteiger partial charge in [0, 0.05) is 12.2 Å². The summed E-state index contributed by atoms with van der Waals surface area (Å²) in [6.45, 7) is 5.61. The zero-order valence-electron chi connectivity index (χ0n) is 12.6. The molecule has 1 aromatic rings. The molecular weight excluding hydrogens is 284 g/mol. The molecule has 2 aliphatic rings. The van der Waals surface area contributed by atoms with Gasteiger partial charge in [-0.3, -0.25) is 9.62 Å². The van der Waals surface area contributed by atoms with E-state index < -0.39 is 10.0 Å². The Morgan fingerprint density at radius 1 is 1.10 bits per heavy atom. The third-order valence-corrected chi connectivity index (χ3v) is 6.33. The normalized spacial score (nSPS) is 21.4. The van der Waals surface area contributed by atoms with Gasteiger partial charge >= 0.3 is 0 Å². The zero-order valence-corrected chi connectivity index (χ0v) is 13.4.